The molecule has 0 spiro atoms. The normalized spacial score (nSPS) is 32.7. The number of para-hydroxylation sites is 2. The summed E-state index contributed by atoms with van der Waals surface area (Å²) in [6.45, 7) is -0.498. The highest BCUT2D eigenvalue weighted by Gasteiger charge is 2.44. The first-order valence-corrected chi connectivity index (χ1v) is 6.68. The van der Waals surface area contributed by atoms with Crippen LogP contribution < -0.4 is 4.74 Å². The van der Waals surface area contributed by atoms with E-state index < -0.39 is 41.4 Å². The highest BCUT2D eigenvalue weighted by atomic mass is 32.1. The van der Waals surface area contributed by atoms with Crippen LogP contribution in [0.2, 0.25) is 0 Å². The molecule has 1 aliphatic rings. The molecule has 1 fully saturated rings. The van der Waals surface area contributed by atoms with Crippen LogP contribution in [0.25, 0.3) is 0 Å². The van der Waals surface area contributed by atoms with Crippen molar-refractivity contribution in [1.82, 2.24) is 0 Å². The van der Waals surface area contributed by atoms with Gasteiger partial charge in [-0.25, -0.2) is 0 Å². The number of thiol groups is 1. The Morgan fingerprint density at radius 1 is 1.33 bits per heavy atom. The summed E-state index contributed by atoms with van der Waals surface area (Å²) in [6.07, 6.45) is -4.78. The van der Waals surface area contributed by atoms with Gasteiger partial charge in [0.1, 0.15) is 12.2 Å². The van der Waals surface area contributed by atoms with E-state index in [1.807, 2.05) is 0 Å². The van der Waals surface area contributed by atoms with Crippen molar-refractivity contribution in [2.75, 3.05) is 6.61 Å². The maximum atomic E-state index is 10.9. The number of benzene rings is 1. The van der Waals surface area contributed by atoms with Crippen LogP contribution >= 0.6 is 12.6 Å². The van der Waals surface area contributed by atoms with Gasteiger partial charge in [-0.1, -0.05) is 12.1 Å². The van der Waals surface area contributed by atoms with Crippen LogP contribution in [0.4, 0.5) is 5.69 Å². The molecule has 5 atom stereocenters. The summed E-state index contributed by atoms with van der Waals surface area (Å²) in [4.78, 5) is 10.3. The van der Waals surface area contributed by atoms with Gasteiger partial charge in [-0.2, -0.15) is 12.6 Å². The van der Waals surface area contributed by atoms with E-state index in [1.165, 1.54) is 24.3 Å². The van der Waals surface area contributed by atoms with Crippen LogP contribution in [0.1, 0.15) is 0 Å². The van der Waals surface area contributed by atoms with Gasteiger partial charge in [0.2, 0.25) is 6.29 Å². The predicted molar refractivity (Wildman–Crippen MR) is 74.3 cm³/mol. The highest BCUT2D eigenvalue weighted by Crippen LogP contribution is 2.31. The lowest BCUT2D eigenvalue weighted by molar-refractivity contribution is -0.386. The van der Waals surface area contributed by atoms with E-state index in [2.05, 4.69) is 12.6 Å². The first kappa shape index (κ1) is 16.0. The first-order valence-electron chi connectivity index (χ1n) is 6.16. The van der Waals surface area contributed by atoms with Crippen LogP contribution in [0.3, 0.4) is 0 Å². The van der Waals surface area contributed by atoms with Crippen LogP contribution in [0.15, 0.2) is 24.3 Å². The molecule has 1 unspecified atom stereocenters. The number of aliphatic hydroxyl groups is 3. The van der Waals surface area contributed by atoms with Crippen LogP contribution in [0, 0.1) is 10.1 Å². The van der Waals surface area contributed by atoms with Gasteiger partial charge in [-0.15, -0.1) is 0 Å². The fourth-order valence-electron chi connectivity index (χ4n) is 2.00. The molecule has 2 rings (SSSR count). The molecule has 1 heterocycles. The minimum absolute atomic E-state index is 0.0832. The minimum atomic E-state index is -1.31. The number of hydrogen-bond donors (Lipinski definition) is 4. The molecular weight excluding hydrogens is 302 g/mol. The number of nitro benzene ring substituents is 1. The summed E-state index contributed by atoms with van der Waals surface area (Å²) in [5, 5.41) is 38.8. The Balaban J connectivity index is 2.20. The molecule has 8 nitrogen and oxygen atoms in total. The van der Waals surface area contributed by atoms with Gasteiger partial charge in [0.05, 0.1) is 22.9 Å². The van der Waals surface area contributed by atoms with Crippen LogP contribution in [-0.2, 0) is 4.74 Å². The lowest BCUT2D eigenvalue weighted by Gasteiger charge is -2.39. The third kappa shape index (κ3) is 3.27. The van der Waals surface area contributed by atoms with Crippen molar-refractivity contribution in [3.8, 4) is 5.75 Å². The van der Waals surface area contributed by atoms with Gasteiger partial charge in [0.25, 0.3) is 0 Å². The zero-order valence-electron chi connectivity index (χ0n) is 10.8. The molecule has 0 radical (unpaired) electrons. The Morgan fingerprint density at radius 3 is 2.62 bits per heavy atom. The minimum Gasteiger partial charge on any atom is -0.455 e. The molecule has 116 valence electrons. The van der Waals surface area contributed by atoms with E-state index in [4.69, 9.17) is 14.6 Å². The van der Waals surface area contributed by atoms with Crippen molar-refractivity contribution >= 4 is 18.3 Å². The monoisotopic (exact) mass is 317 g/mol. The summed E-state index contributed by atoms with van der Waals surface area (Å²) < 4.78 is 10.6. The topological polar surface area (TPSA) is 122 Å². The van der Waals surface area contributed by atoms with Crippen molar-refractivity contribution in [3.05, 3.63) is 34.4 Å². The van der Waals surface area contributed by atoms with Gasteiger partial charge < -0.3 is 24.8 Å². The Morgan fingerprint density at radius 2 is 2.00 bits per heavy atom. The number of rotatable bonds is 4. The third-order valence-electron chi connectivity index (χ3n) is 3.15. The smallest absolute Gasteiger partial charge is 0.311 e. The SMILES string of the molecule is O=[N+]([O-])c1ccccc1OC1O[C@H](CO)[C@H](O)[C@H](S)[C@H]1O. The molecule has 9 heteroatoms. The van der Waals surface area contributed by atoms with E-state index in [-0.39, 0.29) is 11.4 Å². The fraction of sp³-hybridized carbons (Fsp3) is 0.500. The molecule has 21 heavy (non-hydrogen) atoms. The molecule has 1 aliphatic heterocycles. The van der Waals surface area contributed by atoms with E-state index >= 15 is 0 Å². The lowest BCUT2D eigenvalue weighted by Crippen LogP contribution is -2.58. The molecule has 1 aromatic carbocycles. The molecule has 3 N–H and O–H groups in total. The van der Waals surface area contributed by atoms with E-state index in [0.29, 0.717) is 0 Å². The van der Waals surface area contributed by atoms with Crippen molar-refractivity contribution in [2.45, 2.75) is 29.9 Å². The van der Waals surface area contributed by atoms with Gasteiger partial charge in [-0.05, 0) is 6.07 Å². The molecule has 1 saturated heterocycles. The van der Waals surface area contributed by atoms with Gasteiger partial charge in [0.15, 0.2) is 5.75 Å². The van der Waals surface area contributed by atoms with Crippen molar-refractivity contribution < 1.29 is 29.7 Å². The van der Waals surface area contributed by atoms with Gasteiger partial charge >= 0.3 is 5.69 Å². The van der Waals surface area contributed by atoms with Crippen molar-refractivity contribution in [2.24, 2.45) is 0 Å². The number of nitrogens with zero attached hydrogens (tertiary/aromatic N) is 1. The number of hydrogen-bond acceptors (Lipinski definition) is 8. The molecule has 0 aromatic heterocycles. The van der Waals surface area contributed by atoms with Crippen LogP contribution in [-0.4, -0.2) is 56.7 Å². The second-order valence-corrected chi connectivity index (χ2v) is 5.14. The maximum Gasteiger partial charge on any atom is 0.311 e. The van der Waals surface area contributed by atoms with Crippen LogP contribution in [0.5, 0.6) is 5.75 Å². The first-order chi connectivity index (χ1) is 9.95. The largest absolute Gasteiger partial charge is 0.455 e. The third-order valence-corrected chi connectivity index (χ3v) is 3.76. The Labute approximate surface area is 125 Å². The van der Waals surface area contributed by atoms with E-state index in [0.717, 1.165) is 0 Å². The average Bonchev–Trinajstić information content (AvgIpc) is 2.48. The predicted octanol–water partition coefficient (Wildman–Crippen LogP) is -0.289. The average molecular weight is 317 g/mol. The quantitative estimate of drug-likeness (QED) is 0.342. The Kier molecular flexibility index (Phi) is 5.01. The summed E-state index contributed by atoms with van der Waals surface area (Å²) in [6, 6.07) is 5.63. The molecule has 0 aliphatic carbocycles. The van der Waals surface area contributed by atoms with Gasteiger partial charge in [-0.3, -0.25) is 10.1 Å². The Bertz CT molecular complexity index is 512. The fourth-order valence-corrected chi connectivity index (χ4v) is 2.33. The zero-order valence-corrected chi connectivity index (χ0v) is 11.7. The van der Waals surface area contributed by atoms with Gasteiger partial charge in [0, 0.05) is 6.07 Å². The standard InChI is InChI=1S/C12H15NO7S/c14-5-8-9(15)11(21)10(16)12(20-8)19-7-4-2-1-3-6(7)13(17)18/h1-4,8-12,14-16,21H,5H2/t8-,9+,10-,11+,12?/m1/s1. The number of ether oxygens (including phenoxy) is 2. The van der Waals surface area contributed by atoms with E-state index in [1.54, 1.807) is 0 Å². The summed E-state index contributed by atoms with van der Waals surface area (Å²) >= 11 is 4.05. The Hall–Kier alpha value is -1.39. The zero-order chi connectivity index (χ0) is 15.6. The van der Waals surface area contributed by atoms with E-state index in [9.17, 15) is 20.3 Å². The number of nitro groups is 1. The second kappa shape index (κ2) is 6.58. The molecule has 0 amide bonds. The molecule has 1 aromatic rings. The highest BCUT2D eigenvalue weighted by molar-refractivity contribution is 7.81. The lowest BCUT2D eigenvalue weighted by atomic mass is 10.0. The summed E-state index contributed by atoms with van der Waals surface area (Å²) in [7, 11) is 0. The van der Waals surface area contributed by atoms with Crippen molar-refractivity contribution in [3.63, 3.8) is 0 Å². The van der Waals surface area contributed by atoms with Crippen molar-refractivity contribution in [1.29, 1.82) is 0 Å². The molecule has 0 saturated carbocycles. The number of aliphatic hydroxyl groups excluding tert-OH is 3. The molecular formula is C12H15NO7S. The molecule has 0 bridgehead atoms. The maximum absolute atomic E-state index is 10.9. The summed E-state index contributed by atoms with van der Waals surface area (Å²) in [5.41, 5.74) is -0.282. The summed E-state index contributed by atoms with van der Waals surface area (Å²) in [5.74, 6) is -0.0832. The second-order valence-electron chi connectivity index (χ2n) is 4.54.